The third-order valence-corrected chi connectivity index (χ3v) is 3.32. The molecule has 1 rings (SSSR count). The van der Waals surface area contributed by atoms with E-state index in [1.807, 2.05) is 6.26 Å². The molecule has 0 radical (unpaired) electrons. The molecule has 1 N–H and O–H groups in total. The first-order valence-electron chi connectivity index (χ1n) is 5.04. The molecular weight excluding hydrogens is 315 g/mol. The van der Waals surface area contributed by atoms with E-state index < -0.39 is 11.7 Å². The second kappa shape index (κ2) is 6.54. The number of anilines is 1. The summed E-state index contributed by atoms with van der Waals surface area (Å²) < 4.78 is 38.6. The highest BCUT2D eigenvalue weighted by molar-refractivity contribution is 9.10. The molecule has 0 amide bonds. The first kappa shape index (κ1) is 14.7. The smallest absolute Gasteiger partial charge is 0.385 e. The molecule has 6 heteroatoms. The molecule has 0 aromatic heterocycles. The topological polar surface area (TPSA) is 12.0 Å². The van der Waals surface area contributed by atoms with Crippen molar-refractivity contribution in [3.63, 3.8) is 0 Å². The summed E-state index contributed by atoms with van der Waals surface area (Å²) in [6.07, 6.45) is -1.51. The molecule has 0 unspecified atom stereocenters. The highest BCUT2D eigenvalue weighted by atomic mass is 79.9. The molecule has 0 bridgehead atoms. The minimum Gasteiger partial charge on any atom is -0.385 e. The van der Waals surface area contributed by atoms with Crippen LogP contribution < -0.4 is 5.32 Å². The number of benzene rings is 1. The summed E-state index contributed by atoms with van der Waals surface area (Å²) in [4.78, 5) is 0. The number of alkyl halides is 3. The molecule has 0 saturated heterocycles. The minimum absolute atomic E-state index is 0.141. The summed E-state index contributed by atoms with van der Waals surface area (Å²) in [7, 11) is 0. The van der Waals surface area contributed by atoms with Crippen LogP contribution in [-0.2, 0) is 6.18 Å². The van der Waals surface area contributed by atoms with E-state index >= 15 is 0 Å². The fourth-order valence-corrected chi connectivity index (χ4v) is 2.14. The van der Waals surface area contributed by atoms with Gasteiger partial charge in [0.1, 0.15) is 0 Å². The number of hydrogen-bond acceptors (Lipinski definition) is 2. The molecule has 0 saturated carbocycles. The number of thioether (sulfide) groups is 1. The van der Waals surface area contributed by atoms with Crippen molar-refractivity contribution in [2.45, 2.75) is 12.6 Å². The van der Waals surface area contributed by atoms with Crippen LogP contribution in [0.1, 0.15) is 12.0 Å². The Morgan fingerprint density at radius 1 is 1.35 bits per heavy atom. The van der Waals surface area contributed by atoms with E-state index in [1.54, 1.807) is 17.8 Å². The lowest BCUT2D eigenvalue weighted by Gasteiger charge is -2.14. The summed E-state index contributed by atoms with van der Waals surface area (Å²) in [6.45, 7) is 0.547. The average Bonchev–Trinajstić information content (AvgIpc) is 2.25. The Labute approximate surface area is 111 Å². The molecule has 0 aliphatic carbocycles. The van der Waals surface area contributed by atoms with Crippen molar-refractivity contribution in [3.05, 3.63) is 28.2 Å². The lowest BCUT2D eigenvalue weighted by atomic mass is 10.1. The second-order valence-corrected chi connectivity index (χ2v) is 5.36. The average molecular weight is 328 g/mol. The Hall–Kier alpha value is -0.360. The predicted molar refractivity (Wildman–Crippen MR) is 70.6 cm³/mol. The molecule has 17 heavy (non-hydrogen) atoms. The molecule has 96 valence electrons. The molecule has 0 aliphatic heterocycles. The van der Waals surface area contributed by atoms with Crippen molar-refractivity contribution < 1.29 is 13.2 Å². The number of nitrogens with one attached hydrogen (secondary N) is 1. The van der Waals surface area contributed by atoms with Gasteiger partial charge >= 0.3 is 6.18 Å². The maximum absolute atomic E-state index is 12.7. The van der Waals surface area contributed by atoms with E-state index in [-0.39, 0.29) is 5.69 Å². The molecule has 0 atom stereocenters. The summed E-state index contributed by atoms with van der Waals surface area (Å²) >= 11 is 4.73. The van der Waals surface area contributed by atoms with Crippen LogP contribution in [-0.4, -0.2) is 18.6 Å². The van der Waals surface area contributed by atoms with Crippen molar-refractivity contribution in [2.75, 3.05) is 23.9 Å². The quantitative estimate of drug-likeness (QED) is 0.791. The maximum Gasteiger partial charge on any atom is 0.418 e. The van der Waals surface area contributed by atoms with Crippen LogP contribution in [0.3, 0.4) is 0 Å². The molecule has 1 aromatic rings. The fourth-order valence-electron chi connectivity index (χ4n) is 1.34. The van der Waals surface area contributed by atoms with Crippen molar-refractivity contribution >= 4 is 33.4 Å². The Balaban J connectivity index is 2.77. The first-order valence-corrected chi connectivity index (χ1v) is 7.23. The third-order valence-electron chi connectivity index (χ3n) is 2.13. The van der Waals surface area contributed by atoms with Crippen molar-refractivity contribution in [1.29, 1.82) is 0 Å². The van der Waals surface area contributed by atoms with Crippen LogP contribution in [0, 0.1) is 0 Å². The second-order valence-electron chi connectivity index (χ2n) is 3.46. The van der Waals surface area contributed by atoms with Crippen molar-refractivity contribution in [3.8, 4) is 0 Å². The zero-order chi connectivity index (χ0) is 12.9. The van der Waals surface area contributed by atoms with Crippen molar-refractivity contribution in [2.24, 2.45) is 0 Å². The van der Waals surface area contributed by atoms with E-state index in [9.17, 15) is 13.2 Å². The van der Waals surface area contributed by atoms with Gasteiger partial charge in [0.05, 0.1) is 5.56 Å². The van der Waals surface area contributed by atoms with Crippen LogP contribution in [0.2, 0.25) is 0 Å². The predicted octanol–water partition coefficient (Wildman–Crippen LogP) is 4.63. The molecule has 0 spiro atoms. The standard InChI is InChI=1S/C11H13BrF3NS/c1-17-6-2-5-16-10-4-3-8(12)7-9(10)11(13,14)15/h3-4,7,16H,2,5-6H2,1H3. The van der Waals surface area contributed by atoms with Crippen LogP contribution in [0.4, 0.5) is 18.9 Å². The zero-order valence-electron chi connectivity index (χ0n) is 9.27. The lowest BCUT2D eigenvalue weighted by molar-refractivity contribution is -0.137. The van der Waals surface area contributed by atoms with Gasteiger partial charge in [0.15, 0.2) is 0 Å². The van der Waals surface area contributed by atoms with Crippen LogP contribution in [0.15, 0.2) is 22.7 Å². The van der Waals surface area contributed by atoms with Gasteiger partial charge in [-0.15, -0.1) is 0 Å². The van der Waals surface area contributed by atoms with Gasteiger partial charge in [-0.2, -0.15) is 24.9 Å². The molecular formula is C11H13BrF3NS. The van der Waals surface area contributed by atoms with Crippen LogP contribution in [0.25, 0.3) is 0 Å². The largest absolute Gasteiger partial charge is 0.418 e. The Morgan fingerprint density at radius 3 is 2.65 bits per heavy atom. The third kappa shape index (κ3) is 4.79. The van der Waals surface area contributed by atoms with Gasteiger partial charge in [-0.3, -0.25) is 0 Å². The normalized spacial score (nSPS) is 11.6. The molecule has 1 aromatic carbocycles. The number of halogens is 4. The zero-order valence-corrected chi connectivity index (χ0v) is 11.7. The Morgan fingerprint density at radius 2 is 2.06 bits per heavy atom. The van der Waals surface area contributed by atoms with E-state index in [0.29, 0.717) is 11.0 Å². The van der Waals surface area contributed by atoms with E-state index in [0.717, 1.165) is 18.2 Å². The number of hydrogen-bond donors (Lipinski definition) is 1. The number of rotatable bonds is 5. The summed E-state index contributed by atoms with van der Waals surface area (Å²) in [5.74, 6) is 0.935. The molecule has 0 aliphatic rings. The van der Waals surface area contributed by atoms with Gasteiger partial charge in [0, 0.05) is 16.7 Å². The summed E-state index contributed by atoms with van der Waals surface area (Å²) in [6, 6.07) is 4.15. The SMILES string of the molecule is CSCCCNc1ccc(Br)cc1C(F)(F)F. The van der Waals surface area contributed by atoms with Gasteiger partial charge in [0.25, 0.3) is 0 Å². The van der Waals surface area contributed by atoms with Crippen LogP contribution >= 0.6 is 27.7 Å². The van der Waals surface area contributed by atoms with Gasteiger partial charge < -0.3 is 5.32 Å². The van der Waals surface area contributed by atoms with E-state index in [4.69, 9.17) is 0 Å². The van der Waals surface area contributed by atoms with Crippen LogP contribution in [0.5, 0.6) is 0 Å². The maximum atomic E-state index is 12.7. The van der Waals surface area contributed by atoms with Gasteiger partial charge in [-0.05, 0) is 36.6 Å². The van der Waals surface area contributed by atoms with Crippen molar-refractivity contribution in [1.82, 2.24) is 0 Å². The molecule has 0 heterocycles. The minimum atomic E-state index is -4.33. The molecule has 0 fully saturated rings. The summed E-state index contributed by atoms with van der Waals surface area (Å²) in [5, 5.41) is 2.83. The first-order chi connectivity index (χ1) is 7.95. The fraction of sp³-hybridized carbons (Fsp3) is 0.455. The van der Waals surface area contributed by atoms with E-state index in [1.165, 1.54) is 6.07 Å². The monoisotopic (exact) mass is 327 g/mol. The van der Waals surface area contributed by atoms with Gasteiger partial charge in [-0.1, -0.05) is 15.9 Å². The Kier molecular flexibility index (Phi) is 5.66. The Bertz CT molecular complexity index is 368. The van der Waals surface area contributed by atoms with E-state index in [2.05, 4.69) is 21.2 Å². The highest BCUT2D eigenvalue weighted by Gasteiger charge is 2.33. The molecule has 1 nitrogen and oxygen atoms in total. The van der Waals surface area contributed by atoms with Gasteiger partial charge in [-0.25, -0.2) is 0 Å². The highest BCUT2D eigenvalue weighted by Crippen LogP contribution is 2.36. The summed E-state index contributed by atoms with van der Waals surface area (Å²) in [5.41, 5.74) is -0.488. The van der Waals surface area contributed by atoms with Gasteiger partial charge in [0.2, 0.25) is 0 Å². The lowest BCUT2D eigenvalue weighted by Crippen LogP contribution is -2.12.